The molecule has 2 aromatic carbocycles. The molecule has 0 saturated carbocycles. The van der Waals surface area contributed by atoms with Crippen LogP contribution in [0.3, 0.4) is 0 Å². The number of carbonyl (C=O) groups excluding carboxylic acids is 1. The van der Waals surface area contributed by atoms with Crippen LogP contribution in [0, 0.1) is 0 Å². The van der Waals surface area contributed by atoms with E-state index >= 15 is 0 Å². The zero-order chi connectivity index (χ0) is 18.2. The Balaban J connectivity index is 2.46. The average molecular weight is 337 g/mol. The molecule has 0 saturated heterocycles. The van der Waals surface area contributed by atoms with Gasteiger partial charge >= 0.3 is 0 Å². The predicted octanol–water partition coefficient (Wildman–Crippen LogP) is 4.76. The monoisotopic (exact) mass is 337 g/mol. The van der Waals surface area contributed by atoms with Gasteiger partial charge in [0.15, 0.2) is 0 Å². The lowest BCUT2D eigenvalue weighted by Crippen LogP contribution is -2.16. The molecule has 0 amide bonds. The van der Waals surface area contributed by atoms with Crippen molar-refractivity contribution in [1.29, 1.82) is 0 Å². The van der Waals surface area contributed by atoms with Gasteiger partial charge in [-0.1, -0.05) is 30.4 Å². The van der Waals surface area contributed by atoms with E-state index in [0.29, 0.717) is 12.2 Å². The third-order valence-corrected chi connectivity index (χ3v) is 3.92. The Labute approximate surface area is 149 Å². The van der Waals surface area contributed by atoms with E-state index in [9.17, 15) is 4.79 Å². The summed E-state index contributed by atoms with van der Waals surface area (Å²) in [7, 11) is 3.64. The van der Waals surface area contributed by atoms with Crippen molar-refractivity contribution in [3.63, 3.8) is 0 Å². The number of carbonyl (C=O) groups is 1. The number of anilines is 1. The van der Waals surface area contributed by atoms with E-state index in [4.69, 9.17) is 9.47 Å². The van der Waals surface area contributed by atoms with E-state index in [1.807, 2.05) is 69.5 Å². The second-order valence-corrected chi connectivity index (χ2v) is 5.37. The third-order valence-electron chi connectivity index (χ3n) is 3.92. The Morgan fingerprint density at radius 2 is 1.84 bits per heavy atom. The number of nitrogens with zero attached hydrogens (tertiary/aromatic N) is 1. The highest BCUT2D eigenvalue weighted by Crippen LogP contribution is 2.33. The lowest BCUT2D eigenvalue weighted by atomic mass is 10.1. The van der Waals surface area contributed by atoms with Crippen LogP contribution in [0.2, 0.25) is 0 Å². The van der Waals surface area contributed by atoms with Gasteiger partial charge in [-0.3, -0.25) is 4.79 Å². The topological polar surface area (TPSA) is 38.8 Å². The van der Waals surface area contributed by atoms with Gasteiger partial charge in [-0.25, -0.2) is 0 Å². The molecular weight excluding hydrogens is 314 g/mol. The van der Waals surface area contributed by atoms with E-state index in [-0.39, 0.29) is 0 Å². The number of rotatable bonds is 7. The van der Waals surface area contributed by atoms with Crippen LogP contribution in [0.5, 0.6) is 11.5 Å². The van der Waals surface area contributed by atoms with E-state index < -0.39 is 0 Å². The maximum atomic E-state index is 10.8. The van der Waals surface area contributed by atoms with Gasteiger partial charge in [-0.05, 0) is 44.2 Å². The molecule has 0 N–H and O–H groups in total. The highest BCUT2D eigenvalue weighted by molar-refractivity contribution is 5.83. The third kappa shape index (κ3) is 4.10. The van der Waals surface area contributed by atoms with Crippen molar-refractivity contribution in [3.05, 3.63) is 65.7 Å². The van der Waals surface area contributed by atoms with E-state index in [2.05, 4.69) is 11.0 Å². The molecule has 0 fully saturated rings. The van der Waals surface area contributed by atoms with Gasteiger partial charge in [0, 0.05) is 29.6 Å². The van der Waals surface area contributed by atoms with Gasteiger partial charge in [0.1, 0.15) is 11.5 Å². The van der Waals surface area contributed by atoms with E-state index in [0.717, 1.165) is 28.3 Å². The lowest BCUT2D eigenvalue weighted by Gasteiger charge is -2.25. The summed E-state index contributed by atoms with van der Waals surface area (Å²) in [5, 5.41) is 0. The van der Waals surface area contributed by atoms with Gasteiger partial charge in [-0.15, -0.1) is 0 Å². The molecule has 2 aromatic rings. The van der Waals surface area contributed by atoms with Gasteiger partial charge < -0.3 is 14.4 Å². The van der Waals surface area contributed by atoms with Crippen molar-refractivity contribution in [2.24, 2.45) is 0 Å². The lowest BCUT2D eigenvalue weighted by molar-refractivity contribution is -0.120. The van der Waals surface area contributed by atoms with Crippen molar-refractivity contribution in [1.82, 2.24) is 0 Å². The molecule has 0 atom stereocenters. The fraction of sp³-hybridized carbons (Fsp3) is 0.190. The molecule has 4 nitrogen and oxygen atoms in total. The van der Waals surface area contributed by atoms with Crippen LogP contribution in [0.1, 0.15) is 25.0 Å². The largest absolute Gasteiger partial charge is 0.496 e. The first-order valence-electron chi connectivity index (χ1n) is 8.06. The molecule has 130 valence electrons. The van der Waals surface area contributed by atoms with E-state index in [1.165, 1.54) is 0 Å². The van der Waals surface area contributed by atoms with Crippen LogP contribution < -0.4 is 14.4 Å². The van der Waals surface area contributed by atoms with E-state index in [1.54, 1.807) is 13.2 Å². The molecule has 0 aromatic heterocycles. The maximum absolute atomic E-state index is 10.8. The fourth-order valence-corrected chi connectivity index (χ4v) is 2.74. The first-order valence-corrected chi connectivity index (χ1v) is 8.06. The molecule has 0 unspecified atom stereocenters. The Morgan fingerprint density at radius 1 is 1.08 bits per heavy atom. The summed E-state index contributed by atoms with van der Waals surface area (Å²) in [6.07, 6.45) is 5.98. The molecule has 0 radical (unpaired) electrons. The number of hydrogen-bond acceptors (Lipinski definition) is 4. The van der Waals surface area contributed by atoms with Gasteiger partial charge in [-0.2, -0.15) is 0 Å². The quantitative estimate of drug-likeness (QED) is 0.683. The summed E-state index contributed by atoms with van der Waals surface area (Å²) in [6.45, 7) is 4.38. The second-order valence-electron chi connectivity index (χ2n) is 5.37. The molecule has 0 aliphatic rings. The molecule has 2 rings (SSSR count). The summed E-state index contributed by atoms with van der Waals surface area (Å²) in [6, 6.07) is 13.5. The van der Waals surface area contributed by atoms with Crippen molar-refractivity contribution < 1.29 is 14.3 Å². The maximum Gasteiger partial charge on any atom is 0.298 e. The molecule has 0 bridgehead atoms. The number of methoxy groups -OCH3 is 1. The standard InChI is InChI=1S/C21H23NO3/c1-5-9-16-14-17(12-13-20(16)24-4)22(3)19(6-2)18-10-7-8-11-21(18)25-15-23/h5-15H,1-4H3/b9-5+,19-6+. The number of hydrogen-bond donors (Lipinski definition) is 0. The van der Waals surface area contributed by atoms with Crippen LogP contribution in [-0.2, 0) is 4.79 Å². The van der Waals surface area contributed by atoms with Crippen molar-refractivity contribution >= 4 is 23.9 Å². The summed E-state index contributed by atoms with van der Waals surface area (Å²) in [4.78, 5) is 12.8. The molecule has 0 spiro atoms. The SMILES string of the molecule is C/C=C/c1cc(N(C)/C(=C/C)c2ccccc2OC=O)ccc1OC. The highest BCUT2D eigenvalue weighted by atomic mass is 16.5. The van der Waals surface area contributed by atoms with Crippen LogP contribution in [-0.4, -0.2) is 20.6 Å². The minimum atomic E-state index is 0.448. The van der Waals surface area contributed by atoms with Crippen LogP contribution in [0.15, 0.2) is 54.6 Å². The van der Waals surface area contributed by atoms with Crippen LogP contribution in [0.4, 0.5) is 5.69 Å². The second kappa shape index (κ2) is 8.73. The zero-order valence-electron chi connectivity index (χ0n) is 15.0. The normalized spacial score (nSPS) is 11.4. The smallest absolute Gasteiger partial charge is 0.298 e. The van der Waals surface area contributed by atoms with Crippen LogP contribution in [0.25, 0.3) is 11.8 Å². The van der Waals surface area contributed by atoms with Gasteiger partial charge in [0.05, 0.1) is 7.11 Å². The minimum absolute atomic E-state index is 0.448. The van der Waals surface area contributed by atoms with Crippen molar-refractivity contribution in [2.45, 2.75) is 13.8 Å². The Morgan fingerprint density at radius 3 is 2.48 bits per heavy atom. The Hall–Kier alpha value is -3.01. The molecule has 25 heavy (non-hydrogen) atoms. The molecular formula is C21H23NO3. The Kier molecular flexibility index (Phi) is 6.40. The van der Waals surface area contributed by atoms with Crippen molar-refractivity contribution in [3.8, 4) is 11.5 Å². The number of benzene rings is 2. The first-order chi connectivity index (χ1) is 12.2. The number of ether oxygens (including phenoxy) is 2. The average Bonchev–Trinajstić information content (AvgIpc) is 2.64. The minimum Gasteiger partial charge on any atom is -0.496 e. The first kappa shape index (κ1) is 18.3. The molecule has 0 aliphatic carbocycles. The summed E-state index contributed by atoms with van der Waals surface area (Å²) >= 11 is 0. The predicted molar refractivity (Wildman–Crippen MR) is 103 cm³/mol. The zero-order valence-corrected chi connectivity index (χ0v) is 15.0. The molecule has 4 heteroatoms. The van der Waals surface area contributed by atoms with Crippen molar-refractivity contribution in [2.75, 3.05) is 19.1 Å². The fourth-order valence-electron chi connectivity index (χ4n) is 2.74. The summed E-state index contributed by atoms with van der Waals surface area (Å²) < 4.78 is 10.5. The number of para-hydroxylation sites is 1. The highest BCUT2D eigenvalue weighted by Gasteiger charge is 2.14. The van der Waals surface area contributed by atoms with Gasteiger partial charge in [0.2, 0.25) is 0 Å². The van der Waals surface area contributed by atoms with Crippen LogP contribution >= 0.6 is 0 Å². The summed E-state index contributed by atoms with van der Waals surface area (Å²) in [5.74, 6) is 1.35. The Bertz CT molecular complexity index is 793. The van der Waals surface area contributed by atoms with Gasteiger partial charge in [0.25, 0.3) is 6.47 Å². The molecule has 0 aliphatic heterocycles. The number of allylic oxidation sites excluding steroid dienone is 2. The summed E-state index contributed by atoms with van der Waals surface area (Å²) in [5.41, 5.74) is 3.79. The molecule has 0 heterocycles.